The first-order chi connectivity index (χ1) is 11.2. The molecule has 5 heteroatoms. The minimum absolute atomic E-state index is 0.0768. The monoisotopic (exact) mass is 309 g/mol. The summed E-state index contributed by atoms with van der Waals surface area (Å²) in [5.41, 5.74) is 1.48. The van der Waals surface area contributed by atoms with Crippen molar-refractivity contribution in [1.82, 2.24) is 5.06 Å². The van der Waals surface area contributed by atoms with Crippen LogP contribution in [0.4, 0.5) is 0 Å². The van der Waals surface area contributed by atoms with Crippen molar-refractivity contribution in [3.8, 4) is 0 Å². The molecule has 116 valence electrons. The lowest BCUT2D eigenvalue weighted by atomic mass is 9.91. The highest BCUT2D eigenvalue weighted by Gasteiger charge is 2.35. The van der Waals surface area contributed by atoms with Crippen molar-refractivity contribution in [3.63, 3.8) is 0 Å². The molecular weight excluding hydrogens is 294 g/mol. The largest absolute Gasteiger partial charge is 0.344 e. The fourth-order valence-electron chi connectivity index (χ4n) is 2.56. The zero-order valence-corrected chi connectivity index (χ0v) is 12.3. The molecule has 0 N–H and O–H groups in total. The van der Waals surface area contributed by atoms with Gasteiger partial charge in [0.2, 0.25) is 0 Å². The summed E-state index contributed by atoms with van der Waals surface area (Å²) in [4.78, 5) is 41.0. The predicted octanol–water partition coefficient (Wildman–Crippen LogP) is 2.43. The molecule has 1 aliphatic rings. The number of imide groups is 1. The lowest BCUT2D eigenvalue weighted by Gasteiger charge is -2.19. The second-order valence-electron chi connectivity index (χ2n) is 5.25. The van der Waals surface area contributed by atoms with Gasteiger partial charge in [-0.1, -0.05) is 60.7 Å². The molecule has 0 spiro atoms. The average Bonchev–Trinajstić information content (AvgIpc) is 2.89. The second kappa shape index (κ2) is 6.44. The summed E-state index contributed by atoms with van der Waals surface area (Å²) in [5.74, 6) is -2.31. The maximum Gasteiger partial charge on any atom is 0.344 e. The van der Waals surface area contributed by atoms with Gasteiger partial charge in [0, 0.05) is 12.8 Å². The van der Waals surface area contributed by atoms with Gasteiger partial charge in [-0.05, 0) is 11.1 Å². The fraction of sp³-hybridized carbons (Fsp3) is 0.167. The van der Waals surface area contributed by atoms with Crippen LogP contribution in [0.1, 0.15) is 29.9 Å². The summed E-state index contributed by atoms with van der Waals surface area (Å²) in [6.07, 6.45) is 0.154. The van der Waals surface area contributed by atoms with E-state index in [0.717, 1.165) is 11.1 Å². The van der Waals surface area contributed by atoms with Gasteiger partial charge in [0.1, 0.15) is 5.92 Å². The Bertz CT molecular complexity index is 672. The van der Waals surface area contributed by atoms with Crippen molar-refractivity contribution in [3.05, 3.63) is 71.8 Å². The van der Waals surface area contributed by atoms with E-state index in [0.29, 0.717) is 5.06 Å². The molecule has 0 aromatic heterocycles. The van der Waals surface area contributed by atoms with Gasteiger partial charge in [-0.2, -0.15) is 0 Å². The van der Waals surface area contributed by atoms with E-state index < -0.39 is 23.7 Å². The van der Waals surface area contributed by atoms with Gasteiger partial charge in [-0.3, -0.25) is 9.59 Å². The third-order valence-corrected chi connectivity index (χ3v) is 3.69. The number of amides is 2. The van der Waals surface area contributed by atoms with Crippen molar-refractivity contribution < 1.29 is 19.2 Å². The highest BCUT2D eigenvalue weighted by Crippen LogP contribution is 2.27. The third kappa shape index (κ3) is 3.13. The lowest BCUT2D eigenvalue weighted by molar-refractivity contribution is -0.198. The van der Waals surface area contributed by atoms with Crippen molar-refractivity contribution >= 4 is 17.8 Å². The number of nitrogens with zero attached hydrogens (tertiary/aromatic N) is 1. The number of rotatable bonds is 4. The first-order valence-corrected chi connectivity index (χ1v) is 7.34. The molecule has 0 unspecified atom stereocenters. The first kappa shape index (κ1) is 15.0. The molecule has 1 aliphatic heterocycles. The van der Waals surface area contributed by atoms with Crippen LogP contribution in [0.2, 0.25) is 0 Å². The van der Waals surface area contributed by atoms with Gasteiger partial charge in [-0.15, -0.1) is 5.06 Å². The number of benzene rings is 2. The molecule has 5 nitrogen and oxygen atoms in total. The van der Waals surface area contributed by atoms with E-state index >= 15 is 0 Å². The smallest absolute Gasteiger partial charge is 0.329 e. The second-order valence-corrected chi connectivity index (χ2v) is 5.25. The maximum atomic E-state index is 12.6. The number of hydrogen-bond donors (Lipinski definition) is 0. The van der Waals surface area contributed by atoms with Gasteiger partial charge >= 0.3 is 5.97 Å². The fourth-order valence-corrected chi connectivity index (χ4v) is 2.56. The number of carbonyl (C=O) groups is 3. The summed E-state index contributed by atoms with van der Waals surface area (Å²) in [7, 11) is 0. The Morgan fingerprint density at radius 1 is 0.826 bits per heavy atom. The predicted molar refractivity (Wildman–Crippen MR) is 81.9 cm³/mol. The molecule has 0 atom stereocenters. The molecule has 1 saturated heterocycles. The Kier molecular flexibility index (Phi) is 4.19. The zero-order valence-electron chi connectivity index (χ0n) is 12.3. The summed E-state index contributed by atoms with van der Waals surface area (Å²) in [6, 6.07) is 18.2. The van der Waals surface area contributed by atoms with Gasteiger partial charge in [0.05, 0.1) is 0 Å². The molecule has 3 rings (SSSR count). The van der Waals surface area contributed by atoms with Crippen LogP contribution >= 0.6 is 0 Å². The molecule has 23 heavy (non-hydrogen) atoms. The standard InChI is InChI=1S/C18H15NO4/c20-15-11-12-16(21)19(15)23-18(22)17(13-7-3-1-4-8-13)14-9-5-2-6-10-14/h1-10,17H,11-12H2. The topological polar surface area (TPSA) is 63.7 Å². The van der Waals surface area contributed by atoms with Gasteiger partial charge in [0.15, 0.2) is 0 Å². The lowest BCUT2D eigenvalue weighted by Crippen LogP contribution is -2.34. The molecule has 2 aromatic carbocycles. The van der Waals surface area contributed by atoms with E-state index in [2.05, 4.69) is 0 Å². The van der Waals surface area contributed by atoms with Crippen molar-refractivity contribution in [2.45, 2.75) is 18.8 Å². The Labute approximate surface area is 133 Å². The van der Waals surface area contributed by atoms with Gasteiger partial charge in [0.25, 0.3) is 11.8 Å². The minimum atomic E-state index is -0.696. The molecule has 0 saturated carbocycles. The highest BCUT2D eigenvalue weighted by atomic mass is 16.7. The van der Waals surface area contributed by atoms with Gasteiger partial charge in [-0.25, -0.2) is 4.79 Å². The Hall–Kier alpha value is -2.95. The van der Waals surface area contributed by atoms with Crippen LogP contribution < -0.4 is 0 Å². The highest BCUT2D eigenvalue weighted by molar-refractivity contribution is 6.02. The van der Waals surface area contributed by atoms with Gasteiger partial charge < -0.3 is 4.84 Å². The van der Waals surface area contributed by atoms with Crippen molar-refractivity contribution in [1.29, 1.82) is 0 Å². The maximum absolute atomic E-state index is 12.6. The average molecular weight is 309 g/mol. The minimum Gasteiger partial charge on any atom is -0.329 e. The van der Waals surface area contributed by atoms with Crippen LogP contribution in [0.3, 0.4) is 0 Å². The Morgan fingerprint density at radius 3 is 1.70 bits per heavy atom. The van der Waals surface area contributed by atoms with Crippen LogP contribution in [0.25, 0.3) is 0 Å². The molecule has 1 fully saturated rings. The van der Waals surface area contributed by atoms with E-state index in [9.17, 15) is 14.4 Å². The number of carbonyl (C=O) groups excluding carboxylic acids is 3. The first-order valence-electron chi connectivity index (χ1n) is 7.34. The summed E-state index contributed by atoms with van der Waals surface area (Å²) in [5, 5.41) is 0.585. The SMILES string of the molecule is O=C(ON1C(=O)CCC1=O)C(c1ccccc1)c1ccccc1. The van der Waals surface area contributed by atoms with E-state index in [1.165, 1.54) is 0 Å². The van der Waals surface area contributed by atoms with E-state index in [4.69, 9.17) is 4.84 Å². The summed E-state index contributed by atoms with van der Waals surface area (Å²) in [6.45, 7) is 0. The van der Waals surface area contributed by atoms with Crippen LogP contribution in [0, 0.1) is 0 Å². The molecule has 1 heterocycles. The number of hydrogen-bond acceptors (Lipinski definition) is 4. The molecule has 2 amide bonds. The molecular formula is C18H15NO4. The van der Waals surface area contributed by atoms with E-state index in [-0.39, 0.29) is 12.8 Å². The molecule has 0 radical (unpaired) electrons. The quantitative estimate of drug-likeness (QED) is 0.814. The summed E-state index contributed by atoms with van der Waals surface area (Å²) >= 11 is 0. The van der Waals surface area contributed by atoms with Crippen molar-refractivity contribution in [2.24, 2.45) is 0 Å². The van der Waals surface area contributed by atoms with E-state index in [1.807, 2.05) is 60.7 Å². The molecule has 0 bridgehead atoms. The Morgan fingerprint density at radius 2 is 1.26 bits per heavy atom. The number of hydroxylamine groups is 2. The molecule has 2 aromatic rings. The van der Waals surface area contributed by atoms with Crippen LogP contribution in [-0.4, -0.2) is 22.8 Å². The van der Waals surface area contributed by atoms with E-state index in [1.54, 1.807) is 0 Å². The zero-order chi connectivity index (χ0) is 16.2. The third-order valence-electron chi connectivity index (χ3n) is 3.69. The van der Waals surface area contributed by atoms with Crippen LogP contribution in [-0.2, 0) is 19.2 Å². The molecule has 0 aliphatic carbocycles. The normalized spacial score (nSPS) is 14.4. The van der Waals surface area contributed by atoms with Crippen LogP contribution in [0.15, 0.2) is 60.7 Å². The Balaban J connectivity index is 1.91. The summed E-state index contributed by atoms with van der Waals surface area (Å²) < 4.78 is 0. The van der Waals surface area contributed by atoms with Crippen molar-refractivity contribution in [2.75, 3.05) is 0 Å². The van der Waals surface area contributed by atoms with Crippen LogP contribution in [0.5, 0.6) is 0 Å².